The number of nitrogen functional groups attached to an aromatic ring is 1. The van der Waals surface area contributed by atoms with Crippen molar-refractivity contribution in [2.45, 2.75) is 0 Å². The lowest BCUT2D eigenvalue weighted by Crippen LogP contribution is -2.03. The van der Waals surface area contributed by atoms with Gasteiger partial charge in [-0.3, -0.25) is 10.1 Å². The van der Waals surface area contributed by atoms with Gasteiger partial charge in [-0.05, 0) is 24.3 Å². The molecule has 0 radical (unpaired) electrons. The summed E-state index contributed by atoms with van der Waals surface area (Å²) in [4.78, 5) is 18.6. The quantitative estimate of drug-likeness (QED) is 0.443. The molecule has 0 bridgehead atoms. The van der Waals surface area contributed by atoms with Crippen molar-refractivity contribution in [3.63, 3.8) is 0 Å². The second kappa shape index (κ2) is 5.60. The fraction of sp³-hybridized carbons (Fsp3) is 0. The van der Waals surface area contributed by atoms with Crippen LogP contribution >= 0.6 is 0 Å². The predicted molar refractivity (Wildman–Crippen MR) is 86.1 cm³/mol. The molecule has 0 amide bonds. The Kier molecular flexibility index (Phi) is 3.28. The van der Waals surface area contributed by atoms with Crippen molar-refractivity contribution in [2.75, 3.05) is 5.73 Å². The van der Waals surface area contributed by atoms with E-state index < -0.39 is 4.92 Å². The molecular formula is C15H10N6O4. The van der Waals surface area contributed by atoms with Crippen LogP contribution in [-0.2, 0) is 0 Å². The van der Waals surface area contributed by atoms with Gasteiger partial charge in [-0.2, -0.15) is 9.50 Å². The summed E-state index contributed by atoms with van der Waals surface area (Å²) < 4.78 is 12.2. The first-order valence-electron chi connectivity index (χ1n) is 7.09. The zero-order valence-corrected chi connectivity index (χ0v) is 12.6. The van der Waals surface area contributed by atoms with Gasteiger partial charge in [0, 0.05) is 18.2 Å². The molecule has 0 aliphatic heterocycles. The lowest BCUT2D eigenvalue weighted by atomic mass is 10.3. The predicted octanol–water partition coefficient (Wildman–Crippen LogP) is 2.67. The highest BCUT2D eigenvalue weighted by atomic mass is 16.6. The van der Waals surface area contributed by atoms with Gasteiger partial charge in [-0.25, -0.2) is 4.98 Å². The molecular weight excluding hydrogens is 328 g/mol. The van der Waals surface area contributed by atoms with Gasteiger partial charge in [0.1, 0.15) is 5.75 Å². The van der Waals surface area contributed by atoms with Crippen molar-refractivity contribution in [2.24, 2.45) is 0 Å². The largest absolute Gasteiger partial charge is 0.461 e. The minimum atomic E-state index is -0.488. The number of non-ortho nitro benzene ring substituents is 1. The zero-order valence-electron chi connectivity index (χ0n) is 12.6. The number of nitro benzene ring substituents is 1. The monoisotopic (exact) mass is 338 g/mol. The lowest BCUT2D eigenvalue weighted by Gasteiger charge is -2.05. The van der Waals surface area contributed by atoms with Gasteiger partial charge in [-0.15, -0.1) is 5.10 Å². The number of hydrogen-bond acceptors (Lipinski definition) is 8. The molecule has 1 aromatic carbocycles. The van der Waals surface area contributed by atoms with Gasteiger partial charge < -0.3 is 14.9 Å². The Hall–Kier alpha value is -3.95. The molecule has 10 nitrogen and oxygen atoms in total. The van der Waals surface area contributed by atoms with Crippen molar-refractivity contribution in [1.82, 2.24) is 19.6 Å². The zero-order chi connectivity index (χ0) is 17.4. The minimum Gasteiger partial charge on any atom is -0.461 e. The summed E-state index contributed by atoms with van der Waals surface area (Å²) in [5, 5.41) is 14.9. The molecule has 4 aromatic rings. The summed E-state index contributed by atoms with van der Waals surface area (Å²) in [6.07, 6.45) is 1.52. The molecule has 2 N–H and O–H groups in total. The number of rotatable bonds is 4. The normalized spacial score (nSPS) is 10.9. The molecule has 0 aliphatic rings. The van der Waals surface area contributed by atoms with E-state index in [-0.39, 0.29) is 17.5 Å². The summed E-state index contributed by atoms with van der Waals surface area (Å²) in [7, 11) is 0. The maximum Gasteiger partial charge on any atom is 0.269 e. The van der Waals surface area contributed by atoms with E-state index in [0.717, 1.165) is 0 Å². The molecule has 3 heterocycles. The molecule has 124 valence electrons. The molecule has 0 aliphatic carbocycles. The molecule has 25 heavy (non-hydrogen) atoms. The van der Waals surface area contributed by atoms with Crippen LogP contribution in [0.4, 0.5) is 11.6 Å². The molecule has 0 unspecified atom stereocenters. The first kappa shape index (κ1) is 14.6. The third-order valence-electron chi connectivity index (χ3n) is 3.34. The van der Waals surface area contributed by atoms with Gasteiger partial charge in [0.2, 0.25) is 17.7 Å². The van der Waals surface area contributed by atoms with Crippen LogP contribution in [0.3, 0.4) is 0 Å². The van der Waals surface area contributed by atoms with Crippen molar-refractivity contribution < 1.29 is 14.1 Å². The standard InChI is InChI=1S/C15H10N6O4/c16-15-18-13(25-10-5-3-9(4-6-10)21(22)23)8-12-17-14(19-20(12)15)11-2-1-7-24-11/h1-8H,(H2,16,18). The summed E-state index contributed by atoms with van der Waals surface area (Å²) in [6.45, 7) is 0. The van der Waals surface area contributed by atoms with E-state index in [9.17, 15) is 10.1 Å². The van der Waals surface area contributed by atoms with E-state index in [4.69, 9.17) is 14.9 Å². The maximum absolute atomic E-state index is 10.7. The Morgan fingerprint density at radius 3 is 2.68 bits per heavy atom. The number of anilines is 1. The highest BCUT2D eigenvalue weighted by Gasteiger charge is 2.13. The summed E-state index contributed by atoms with van der Waals surface area (Å²) >= 11 is 0. The number of furan rings is 1. The fourth-order valence-electron chi connectivity index (χ4n) is 2.21. The third kappa shape index (κ3) is 2.72. The lowest BCUT2D eigenvalue weighted by molar-refractivity contribution is -0.384. The smallest absolute Gasteiger partial charge is 0.269 e. The van der Waals surface area contributed by atoms with Gasteiger partial charge in [0.05, 0.1) is 11.2 Å². The van der Waals surface area contributed by atoms with Crippen LogP contribution in [0.2, 0.25) is 0 Å². The van der Waals surface area contributed by atoms with Crippen LogP contribution in [0.5, 0.6) is 11.6 Å². The van der Waals surface area contributed by atoms with Gasteiger partial charge in [0.15, 0.2) is 11.4 Å². The Morgan fingerprint density at radius 1 is 1.20 bits per heavy atom. The molecule has 0 atom stereocenters. The number of fused-ring (bicyclic) bond motifs is 1. The average molecular weight is 338 g/mol. The molecule has 0 saturated carbocycles. The highest BCUT2D eigenvalue weighted by molar-refractivity contribution is 5.55. The van der Waals surface area contributed by atoms with Crippen molar-refractivity contribution in [3.8, 4) is 23.2 Å². The van der Waals surface area contributed by atoms with E-state index in [2.05, 4.69) is 15.1 Å². The number of nitrogens with two attached hydrogens (primary N) is 1. The molecule has 0 fully saturated rings. The number of nitro groups is 1. The number of benzene rings is 1. The van der Waals surface area contributed by atoms with E-state index >= 15 is 0 Å². The molecule has 0 spiro atoms. The third-order valence-corrected chi connectivity index (χ3v) is 3.34. The molecule has 3 aromatic heterocycles. The van der Waals surface area contributed by atoms with Crippen LogP contribution in [0.25, 0.3) is 17.2 Å². The number of nitrogens with zero attached hydrogens (tertiary/aromatic N) is 5. The van der Waals surface area contributed by atoms with Crippen LogP contribution in [0.1, 0.15) is 0 Å². The van der Waals surface area contributed by atoms with Crippen LogP contribution in [-0.4, -0.2) is 24.5 Å². The SMILES string of the molecule is Nc1nc(Oc2ccc([N+](=O)[O-])cc2)cc2nc(-c3ccco3)nn12. The highest BCUT2D eigenvalue weighted by Crippen LogP contribution is 2.25. The Balaban J connectivity index is 1.67. The maximum atomic E-state index is 10.7. The van der Waals surface area contributed by atoms with Crippen molar-refractivity contribution >= 4 is 17.3 Å². The van der Waals surface area contributed by atoms with Crippen molar-refractivity contribution in [3.05, 3.63) is 58.8 Å². The second-order valence-corrected chi connectivity index (χ2v) is 4.99. The van der Waals surface area contributed by atoms with Crippen LogP contribution in [0, 0.1) is 10.1 Å². The average Bonchev–Trinajstić information content (AvgIpc) is 3.24. The summed E-state index contributed by atoms with van der Waals surface area (Å²) in [5.74, 6) is 1.52. The van der Waals surface area contributed by atoms with Gasteiger partial charge in [-0.1, -0.05) is 0 Å². The van der Waals surface area contributed by atoms with Gasteiger partial charge in [0.25, 0.3) is 5.69 Å². The first-order chi connectivity index (χ1) is 12.1. The summed E-state index contributed by atoms with van der Waals surface area (Å²) in [5.41, 5.74) is 6.29. The second-order valence-electron chi connectivity index (χ2n) is 4.99. The molecule has 4 rings (SSSR count). The summed E-state index contributed by atoms with van der Waals surface area (Å²) in [6, 6.07) is 10.6. The van der Waals surface area contributed by atoms with E-state index in [0.29, 0.717) is 23.0 Å². The Bertz CT molecular complexity index is 1060. The molecule has 0 saturated heterocycles. The molecule has 10 heteroatoms. The number of aromatic nitrogens is 4. The first-order valence-corrected chi connectivity index (χ1v) is 7.09. The van der Waals surface area contributed by atoms with E-state index in [1.807, 2.05) is 0 Å². The van der Waals surface area contributed by atoms with Gasteiger partial charge >= 0.3 is 0 Å². The number of ether oxygens (including phenoxy) is 1. The van der Waals surface area contributed by atoms with Crippen LogP contribution < -0.4 is 10.5 Å². The van der Waals surface area contributed by atoms with Crippen LogP contribution in [0.15, 0.2) is 53.1 Å². The minimum absolute atomic E-state index is 0.0316. The Labute approximate surface area is 139 Å². The topological polar surface area (TPSA) is 135 Å². The fourth-order valence-corrected chi connectivity index (χ4v) is 2.21. The number of hydrogen-bond donors (Lipinski definition) is 1. The Morgan fingerprint density at radius 2 is 2.00 bits per heavy atom. The van der Waals surface area contributed by atoms with E-state index in [1.165, 1.54) is 35.0 Å². The van der Waals surface area contributed by atoms with E-state index in [1.54, 1.807) is 18.2 Å². The van der Waals surface area contributed by atoms with Crippen molar-refractivity contribution in [1.29, 1.82) is 0 Å².